The fraction of sp³-hybridized carbons (Fsp3) is 0.259. The third-order valence-electron chi connectivity index (χ3n) is 5.66. The largest absolute Gasteiger partial charge is 0.325 e. The average molecular weight is 472 g/mol. The van der Waals surface area contributed by atoms with Crippen molar-refractivity contribution >= 4 is 23.4 Å². The van der Waals surface area contributed by atoms with Crippen LogP contribution >= 0.6 is 11.8 Å². The standard InChI is InChI=1S/C27H29N5OS/c1-18-10-11-21(16-19(18)2)32-25(20-12-14-28-15-13-20)30-31-26(32)34-17-24(33)29-23-9-7-6-8-22(23)27(3,4)5/h6-16H,17H2,1-5H3,(H,29,33). The molecular formula is C27H29N5OS. The van der Waals surface area contributed by atoms with Crippen LogP contribution in [0.4, 0.5) is 5.69 Å². The molecular weight excluding hydrogens is 442 g/mol. The van der Waals surface area contributed by atoms with Gasteiger partial charge in [-0.3, -0.25) is 14.3 Å². The van der Waals surface area contributed by atoms with Gasteiger partial charge in [0.25, 0.3) is 0 Å². The lowest BCUT2D eigenvalue weighted by atomic mass is 9.86. The maximum atomic E-state index is 12.9. The maximum Gasteiger partial charge on any atom is 0.234 e. The quantitative estimate of drug-likeness (QED) is 0.351. The van der Waals surface area contributed by atoms with Crippen LogP contribution in [0.3, 0.4) is 0 Å². The highest BCUT2D eigenvalue weighted by Gasteiger charge is 2.20. The molecule has 1 amide bonds. The maximum absolute atomic E-state index is 12.9. The number of hydrogen-bond donors (Lipinski definition) is 1. The number of anilines is 1. The summed E-state index contributed by atoms with van der Waals surface area (Å²) in [6.07, 6.45) is 3.48. The SMILES string of the molecule is Cc1ccc(-n2c(SCC(=O)Nc3ccccc3C(C)(C)C)nnc2-c2ccncc2)cc1C. The van der Waals surface area contributed by atoms with Gasteiger partial charge in [-0.15, -0.1) is 10.2 Å². The summed E-state index contributed by atoms with van der Waals surface area (Å²) in [6, 6.07) is 18.0. The van der Waals surface area contributed by atoms with Gasteiger partial charge in [-0.25, -0.2) is 0 Å². The minimum atomic E-state index is -0.0817. The summed E-state index contributed by atoms with van der Waals surface area (Å²) in [5.74, 6) is 0.853. The van der Waals surface area contributed by atoms with Gasteiger partial charge in [0, 0.05) is 23.6 Å². The predicted molar refractivity (Wildman–Crippen MR) is 139 cm³/mol. The van der Waals surface area contributed by atoms with Gasteiger partial charge in [0.15, 0.2) is 11.0 Å². The van der Waals surface area contributed by atoms with Crippen molar-refractivity contribution in [3.8, 4) is 17.1 Å². The highest BCUT2D eigenvalue weighted by molar-refractivity contribution is 7.99. The molecule has 0 aliphatic rings. The number of nitrogens with one attached hydrogen (secondary N) is 1. The van der Waals surface area contributed by atoms with E-state index in [0.717, 1.165) is 22.5 Å². The van der Waals surface area contributed by atoms with Crippen molar-refractivity contribution in [1.29, 1.82) is 0 Å². The van der Waals surface area contributed by atoms with E-state index >= 15 is 0 Å². The Hall–Kier alpha value is -3.45. The van der Waals surface area contributed by atoms with Crippen molar-refractivity contribution in [2.24, 2.45) is 0 Å². The first-order valence-corrected chi connectivity index (χ1v) is 12.2. The molecule has 6 nitrogen and oxygen atoms in total. The van der Waals surface area contributed by atoms with E-state index < -0.39 is 0 Å². The second-order valence-corrected chi connectivity index (χ2v) is 10.2. The van der Waals surface area contributed by atoms with Gasteiger partial charge in [-0.05, 0) is 66.3 Å². The van der Waals surface area contributed by atoms with E-state index in [-0.39, 0.29) is 17.1 Å². The molecule has 174 valence electrons. The minimum Gasteiger partial charge on any atom is -0.325 e. The molecule has 0 saturated heterocycles. The number of aromatic nitrogens is 4. The number of aryl methyl sites for hydroxylation is 2. The fourth-order valence-electron chi connectivity index (χ4n) is 3.71. The van der Waals surface area contributed by atoms with Crippen molar-refractivity contribution in [3.05, 3.63) is 83.7 Å². The molecule has 0 aliphatic carbocycles. The molecule has 34 heavy (non-hydrogen) atoms. The number of nitrogens with zero attached hydrogens (tertiary/aromatic N) is 4. The lowest BCUT2D eigenvalue weighted by Gasteiger charge is -2.23. The van der Waals surface area contributed by atoms with Gasteiger partial charge >= 0.3 is 0 Å². The molecule has 2 aromatic carbocycles. The number of carbonyl (C=O) groups is 1. The summed E-state index contributed by atoms with van der Waals surface area (Å²) in [5.41, 5.74) is 6.14. The second kappa shape index (κ2) is 9.81. The highest BCUT2D eigenvalue weighted by Crippen LogP contribution is 2.31. The second-order valence-electron chi connectivity index (χ2n) is 9.28. The van der Waals surface area contributed by atoms with E-state index in [1.807, 2.05) is 34.9 Å². The van der Waals surface area contributed by atoms with Gasteiger partial charge in [0.2, 0.25) is 5.91 Å². The molecule has 0 unspecified atom stereocenters. The van der Waals surface area contributed by atoms with Crippen LogP contribution in [-0.4, -0.2) is 31.4 Å². The summed E-state index contributed by atoms with van der Waals surface area (Å²) >= 11 is 1.37. The number of para-hydroxylation sites is 1. The molecule has 0 saturated carbocycles. The van der Waals surface area contributed by atoms with Crippen LogP contribution in [0.15, 0.2) is 72.1 Å². The number of benzene rings is 2. The first kappa shape index (κ1) is 23.7. The van der Waals surface area contributed by atoms with Gasteiger partial charge < -0.3 is 5.32 Å². The van der Waals surface area contributed by atoms with Crippen molar-refractivity contribution in [1.82, 2.24) is 19.7 Å². The molecule has 4 rings (SSSR count). The van der Waals surface area contributed by atoms with Gasteiger partial charge in [-0.1, -0.05) is 56.8 Å². The molecule has 2 aromatic heterocycles. The molecule has 0 fully saturated rings. The Bertz CT molecular complexity index is 1310. The molecule has 0 spiro atoms. The molecule has 7 heteroatoms. The molecule has 0 radical (unpaired) electrons. The number of carbonyl (C=O) groups excluding carboxylic acids is 1. The Morgan fingerprint density at radius 2 is 1.71 bits per heavy atom. The normalized spacial score (nSPS) is 11.4. The molecule has 2 heterocycles. The Balaban J connectivity index is 1.61. The van der Waals surface area contributed by atoms with Crippen LogP contribution in [0.25, 0.3) is 17.1 Å². The number of thioether (sulfide) groups is 1. The predicted octanol–water partition coefficient (Wildman–Crippen LogP) is 5.97. The number of rotatable bonds is 6. The average Bonchev–Trinajstić information content (AvgIpc) is 3.24. The first-order chi connectivity index (χ1) is 16.2. The van der Waals surface area contributed by atoms with Gasteiger partial charge in [-0.2, -0.15) is 0 Å². The number of pyridine rings is 1. The fourth-order valence-corrected chi connectivity index (χ4v) is 4.46. The molecule has 0 bridgehead atoms. The van der Waals surface area contributed by atoms with E-state index in [9.17, 15) is 4.79 Å². The summed E-state index contributed by atoms with van der Waals surface area (Å²) in [5, 5.41) is 12.6. The summed E-state index contributed by atoms with van der Waals surface area (Å²) in [6.45, 7) is 10.6. The van der Waals surface area contributed by atoms with Crippen LogP contribution in [0.1, 0.15) is 37.5 Å². The van der Waals surface area contributed by atoms with E-state index in [2.05, 4.69) is 79.4 Å². The van der Waals surface area contributed by atoms with Crippen LogP contribution in [0.2, 0.25) is 0 Å². The lowest BCUT2D eigenvalue weighted by molar-refractivity contribution is -0.113. The van der Waals surface area contributed by atoms with Gasteiger partial charge in [0.1, 0.15) is 0 Å². The highest BCUT2D eigenvalue weighted by atomic mass is 32.2. The number of amides is 1. The van der Waals surface area contributed by atoms with Crippen molar-refractivity contribution in [2.75, 3.05) is 11.1 Å². The molecule has 4 aromatic rings. The smallest absolute Gasteiger partial charge is 0.234 e. The Morgan fingerprint density at radius 3 is 2.41 bits per heavy atom. The first-order valence-electron chi connectivity index (χ1n) is 11.2. The van der Waals surface area contributed by atoms with Crippen molar-refractivity contribution in [2.45, 2.75) is 45.2 Å². The molecule has 0 atom stereocenters. The summed E-state index contributed by atoms with van der Waals surface area (Å²) in [7, 11) is 0. The topological polar surface area (TPSA) is 72.7 Å². The van der Waals surface area contributed by atoms with Crippen LogP contribution in [-0.2, 0) is 10.2 Å². The zero-order valence-corrected chi connectivity index (χ0v) is 21.0. The Kier molecular flexibility index (Phi) is 6.84. The minimum absolute atomic E-state index is 0.0695. The summed E-state index contributed by atoms with van der Waals surface area (Å²) in [4.78, 5) is 17.0. The van der Waals surface area contributed by atoms with E-state index in [4.69, 9.17) is 0 Å². The zero-order chi connectivity index (χ0) is 24.3. The molecule has 1 N–H and O–H groups in total. The monoisotopic (exact) mass is 471 g/mol. The van der Waals surface area contributed by atoms with Crippen LogP contribution in [0, 0.1) is 13.8 Å². The van der Waals surface area contributed by atoms with Crippen molar-refractivity contribution < 1.29 is 4.79 Å². The molecule has 0 aliphatic heterocycles. The van der Waals surface area contributed by atoms with E-state index in [1.165, 1.54) is 22.9 Å². The Morgan fingerprint density at radius 1 is 0.971 bits per heavy atom. The van der Waals surface area contributed by atoms with Gasteiger partial charge in [0.05, 0.1) is 11.4 Å². The van der Waals surface area contributed by atoms with E-state index in [0.29, 0.717) is 11.0 Å². The Labute approximate surface area is 204 Å². The third kappa shape index (κ3) is 5.20. The van der Waals surface area contributed by atoms with Crippen LogP contribution < -0.4 is 5.32 Å². The third-order valence-corrected chi connectivity index (χ3v) is 6.59. The lowest BCUT2D eigenvalue weighted by Crippen LogP contribution is -2.20. The summed E-state index contributed by atoms with van der Waals surface area (Å²) < 4.78 is 2.00. The number of hydrogen-bond acceptors (Lipinski definition) is 5. The van der Waals surface area contributed by atoms with Crippen molar-refractivity contribution in [3.63, 3.8) is 0 Å². The van der Waals surface area contributed by atoms with E-state index in [1.54, 1.807) is 12.4 Å². The van der Waals surface area contributed by atoms with Crippen LogP contribution in [0.5, 0.6) is 0 Å². The zero-order valence-electron chi connectivity index (χ0n) is 20.2.